The zero-order valence-corrected chi connectivity index (χ0v) is 21.0. The van der Waals surface area contributed by atoms with Crippen molar-refractivity contribution in [2.45, 2.75) is 13.5 Å². The number of rotatable bonds is 8. The molecule has 5 nitrogen and oxygen atoms in total. The highest BCUT2D eigenvalue weighted by molar-refractivity contribution is 9.10. The van der Waals surface area contributed by atoms with E-state index in [1.54, 1.807) is 36.4 Å². The number of amides is 1. The zero-order chi connectivity index (χ0) is 24.7. The molecule has 9 heteroatoms. The fourth-order valence-corrected chi connectivity index (χ4v) is 3.82. The second kappa shape index (κ2) is 11.9. The number of hydrogen-bond donors (Lipinski definition) is 1. The molecule has 34 heavy (non-hydrogen) atoms. The summed E-state index contributed by atoms with van der Waals surface area (Å²) in [5, 5.41) is 12.8. The van der Waals surface area contributed by atoms with Gasteiger partial charge in [-0.1, -0.05) is 35.3 Å². The highest BCUT2D eigenvalue weighted by Crippen LogP contribution is 2.38. The van der Waals surface area contributed by atoms with Crippen LogP contribution < -0.4 is 14.8 Å². The van der Waals surface area contributed by atoms with E-state index >= 15 is 0 Å². The molecule has 1 amide bonds. The van der Waals surface area contributed by atoms with Gasteiger partial charge in [0.2, 0.25) is 0 Å². The van der Waals surface area contributed by atoms with Crippen molar-refractivity contribution in [1.29, 1.82) is 5.26 Å². The second-order valence-corrected chi connectivity index (χ2v) is 8.62. The van der Waals surface area contributed by atoms with E-state index in [4.69, 9.17) is 32.7 Å². The van der Waals surface area contributed by atoms with Crippen molar-refractivity contribution in [3.8, 4) is 17.6 Å². The number of anilines is 1. The lowest BCUT2D eigenvalue weighted by Crippen LogP contribution is -2.13. The normalized spacial score (nSPS) is 11.0. The Hall–Kier alpha value is -3.05. The topological polar surface area (TPSA) is 71.3 Å². The van der Waals surface area contributed by atoms with Crippen molar-refractivity contribution in [2.24, 2.45) is 0 Å². The molecular formula is C25H18BrCl2FN2O3. The van der Waals surface area contributed by atoms with Crippen LogP contribution in [-0.2, 0) is 11.4 Å². The van der Waals surface area contributed by atoms with Gasteiger partial charge in [-0.3, -0.25) is 4.79 Å². The molecule has 0 heterocycles. The van der Waals surface area contributed by atoms with Crippen LogP contribution in [0.15, 0.2) is 64.6 Å². The van der Waals surface area contributed by atoms with Gasteiger partial charge in [-0.15, -0.1) is 0 Å². The molecule has 0 radical (unpaired) electrons. The first kappa shape index (κ1) is 25.6. The van der Waals surface area contributed by atoms with Gasteiger partial charge in [0.1, 0.15) is 24.1 Å². The van der Waals surface area contributed by atoms with Crippen LogP contribution in [0.4, 0.5) is 10.1 Å². The summed E-state index contributed by atoms with van der Waals surface area (Å²) in [6.07, 6.45) is 1.42. The van der Waals surface area contributed by atoms with E-state index in [1.165, 1.54) is 24.3 Å². The van der Waals surface area contributed by atoms with Crippen LogP contribution >= 0.6 is 39.1 Å². The van der Waals surface area contributed by atoms with E-state index in [1.807, 2.05) is 13.0 Å². The van der Waals surface area contributed by atoms with Crippen molar-refractivity contribution < 1.29 is 18.7 Å². The number of benzene rings is 3. The maximum Gasteiger partial charge on any atom is 0.266 e. The van der Waals surface area contributed by atoms with Gasteiger partial charge in [0.15, 0.2) is 11.5 Å². The van der Waals surface area contributed by atoms with Crippen LogP contribution in [0.25, 0.3) is 6.08 Å². The third-order valence-electron chi connectivity index (χ3n) is 4.48. The minimum Gasteiger partial charge on any atom is -0.490 e. The SMILES string of the molecule is CCOc1cc(/C=C(\C#N)C(=O)Nc2cc(Cl)ccc2Cl)cc(Br)c1OCc1ccc(F)cc1. The lowest BCUT2D eigenvalue weighted by molar-refractivity contribution is -0.112. The number of ether oxygens (including phenoxy) is 2. The molecule has 0 atom stereocenters. The third kappa shape index (κ3) is 6.73. The first-order valence-electron chi connectivity index (χ1n) is 10.0. The fraction of sp³-hybridized carbons (Fsp3) is 0.120. The Labute approximate surface area is 214 Å². The van der Waals surface area contributed by atoms with E-state index in [0.29, 0.717) is 43.9 Å². The maximum atomic E-state index is 13.1. The summed E-state index contributed by atoms with van der Waals surface area (Å²) in [6.45, 7) is 2.38. The van der Waals surface area contributed by atoms with Crippen LogP contribution in [-0.4, -0.2) is 12.5 Å². The van der Waals surface area contributed by atoms with E-state index < -0.39 is 5.91 Å². The summed E-state index contributed by atoms with van der Waals surface area (Å²) in [4.78, 5) is 12.7. The molecule has 174 valence electrons. The molecule has 3 aromatic carbocycles. The summed E-state index contributed by atoms with van der Waals surface area (Å²) in [5.74, 6) is -0.110. The third-order valence-corrected chi connectivity index (χ3v) is 5.63. The Kier molecular flexibility index (Phi) is 8.94. The van der Waals surface area contributed by atoms with Gasteiger partial charge in [0, 0.05) is 5.02 Å². The highest BCUT2D eigenvalue weighted by atomic mass is 79.9. The molecule has 1 N–H and O–H groups in total. The number of nitrogens with zero attached hydrogens (tertiary/aromatic N) is 1. The molecular weight excluding hydrogens is 546 g/mol. The Balaban J connectivity index is 1.85. The number of halogens is 4. The second-order valence-electron chi connectivity index (χ2n) is 6.93. The standard InChI is InChI=1S/C25H18BrCl2FN2O3/c1-2-33-23-11-16(10-20(26)24(23)34-14-15-3-6-19(29)7-4-15)9-17(13-30)25(32)31-22-12-18(27)5-8-21(22)28/h3-12H,2,14H2,1H3,(H,31,32)/b17-9+. The molecule has 0 spiro atoms. The number of nitrogens with one attached hydrogen (secondary N) is 1. The van der Waals surface area contributed by atoms with E-state index in [-0.39, 0.29) is 18.0 Å². The average Bonchev–Trinajstić information content (AvgIpc) is 2.80. The summed E-state index contributed by atoms with van der Waals surface area (Å²) in [5.41, 5.74) is 1.46. The average molecular weight is 564 g/mol. The largest absolute Gasteiger partial charge is 0.490 e. The molecule has 0 saturated carbocycles. The van der Waals surface area contributed by atoms with Crippen molar-refractivity contribution >= 4 is 56.8 Å². The van der Waals surface area contributed by atoms with Gasteiger partial charge in [-0.25, -0.2) is 4.39 Å². The predicted molar refractivity (Wildman–Crippen MR) is 135 cm³/mol. The Morgan fingerprint density at radius 2 is 1.88 bits per heavy atom. The molecule has 0 aliphatic carbocycles. The molecule has 0 fully saturated rings. The lowest BCUT2D eigenvalue weighted by Gasteiger charge is -2.15. The van der Waals surface area contributed by atoms with Gasteiger partial charge in [0.25, 0.3) is 5.91 Å². The van der Waals surface area contributed by atoms with E-state index in [2.05, 4.69) is 21.2 Å². The van der Waals surface area contributed by atoms with Crippen molar-refractivity contribution in [3.05, 3.63) is 91.6 Å². The van der Waals surface area contributed by atoms with Crippen LogP contribution in [0.5, 0.6) is 11.5 Å². The van der Waals surface area contributed by atoms with Gasteiger partial charge < -0.3 is 14.8 Å². The zero-order valence-electron chi connectivity index (χ0n) is 17.9. The van der Waals surface area contributed by atoms with E-state index in [0.717, 1.165) is 5.56 Å². The summed E-state index contributed by atoms with van der Waals surface area (Å²) in [6, 6.07) is 15.9. The monoisotopic (exact) mass is 562 g/mol. The first-order chi connectivity index (χ1) is 16.3. The quantitative estimate of drug-likeness (QED) is 0.229. The number of carbonyl (C=O) groups is 1. The van der Waals surface area contributed by atoms with Gasteiger partial charge >= 0.3 is 0 Å². The van der Waals surface area contributed by atoms with Crippen molar-refractivity contribution in [2.75, 3.05) is 11.9 Å². The highest BCUT2D eigenvalue weighted by Gasteiger charge is 2.16. The van der Waals surface area contributed by atoms with Crippen LogP contribution in [0.3, 0.4) is 0 Å². The number of nitriles is 1. The Bertz CT molecular complexity index is 1270. The van der Waals surface area contributed by atoms with Crippen molar-refractivity contribution in [1.82, 2.24) is 0 Å². The van der Waals surface area contributed by atoms with Gasteiger partial charge in [-0.2, -0.15) is 5.26 Å². The fourth-order valence-electron chi connectivity index (χ4n) is 2.91. The lowest BCUT2D eigenvalue weighted by atomic mass is 10.1. The number of hydrogen-bond acceptors (Lipinski definition) is 4. The molecule has 3 rings (SSSR count). The minimum absolute atomic E-state index is 0.148. The predicted octanol–water partition coefficient (Wildman–Crippen LogP) is 7.42. The van der Waals surface area contributed by atoms with Gasteiger partial charge in [0.05, 0.1) is 21.8 Å². The summed E-state index contributed by atoms with van der Waals surface area (Å²) < 4.78 is 25.3. The molecule has 0 unspecified atom stereocenters. The molecule has 0 aliphatic heterocycles. The number of carbonyl (C=O) groups excluding carboxylic acids is 1. The smallest absolute Gasteiger partial charge is 0.266 e. The van der Waals surface area contributed by atoms with E-state index in [9.17, 15) is 14.4 Å². The summed E-state index contributed by atoms with van der Waals surface area (Å²) in [7, 11) is 0. The van der Waals surface area contributed by atoms with Gasteiger partial charge in [-0.05, 0) is 82.5 Å². The maximum absolute atomic E-state index is 13.1. The minimum atomic E-state index is -0.641. The van der Waals surface area contributed by atoms with Crippen LogP contribution in [0.2, 0.25) is 10.0 Å². The first-order valence-corrected chi connectivity index (χ1v) is 11.6. The Morgan fingerprint density at radius 1 is 1.15 bits per heavy atom. The molecule has 0 aromatic heterocycles. The molecule has 0 saturated heterocycles. The molecule has 3 aromatic rings. The van der Waals surface area contributed by atoms with Crippen LogP contribution in [0.1, 0.15) is 18.1 Å². The molecule has 0 bridgehead atoms. The summed E-state index contributed by atoms with van der Waals surface area (Å²) >= 11 is 15.5. The molecule has 0 aliphatic rings. The van der Waals surface area contributed by atoms with Crippen LogP contribution in [0, 0.1) is 17.1 Å². The Morgan fingerprint density at radius 3 is 2.56 bits per heavy atom. The van der Waals surface area contributed by atoms with Crippen molar-refractivity contribution in [3.63, 3.8) is 0 Å².